The Morgan fingerprint density at radius 1 is 1.22 bits per heavy atom. The zero-order valence-electron chi connectivity index (χ0n) is 11.3. The fourth-order valence-electron chi connectivity index (χ4n) is 1.78. The number of nitrogens with one attached hydrogen (secondary N) is 1. The molecule has 96 valence electrons. The van der Waals surface area contributed by atoms with Crippen LogP contribution < -0.4 is 5.32 Å². The zero-order valence-corrected chi connectivity index (χ0v) is 11.3. The molecule has 0 spiro atoms. The van der Waals surface area contributed by atoms with Gasteiger partial charge in [-0.25, -0.2) is 0 Å². The molecule has 2 aromatic rings. The fourth-order valence-corrected chi connectivity index (χ4v) is 1.78. The SMILES string of the molecule is Cc1ccc(-c2nnc(CNC(C)C)o2)c(C)c1. The highest BCUT2D eigenvalue weighted by Crippen LogP contribution is 2.22. The number of hydrogen-bond acceptors (Lipinski definition) is 4. The van der Waals surface area contributed by atoms with Gasteiger partial charge in [0.05, 0.1) is 6.54 Å². The van der Waals surface area contributed by atoms with Crippen LogP contribution in [0.3, 0.4) is 0 Å². The van der Waals surface area contributed by atoms with Crippen LogP contribution in [0.25, 0.3) is 11.5 Å². The lowest BCUT2D eigenvalue weighted by Crippen LogP contribution is -2.21. The van der Waals surface area contributed by atoms with Gasteiger partial charge in [0.2, 0.25) is 11.8 Å². The van der Waals surface area contributed by atoms with E-state index in [0.29, 0.717) is 24.4 Å². The van der Waals surface area contributed by atoms with E-state index in [1.54, 1.807) is 0 Å². The molecule has 0 aliphatic carbocycles. The van der Waals surface area contributed by atoms with Crippen molar-refractivity contribution in [3.05, 3.63) is 35.2 Å². The van der Waals surface area contributed by atoms with Gasteiger partial charge < -0.3 is 9.73 Å². The Bertz CT molecular complexity index is 532. The predicted molar refractivity (Wildman–Crippen MR) is 71.2 cm³/mol. The minimum atomic E-state index is 0.404. The monoisotopic (exact) mass is 245 g/mol. The van der Waals surface area contributed by atoms with Crippen molar-refractivity contribution in [2.24, 2.45) is 0 Å². The standard InChI is InChI=1S/C14H19N3O/c1-9(2)15-8-13-16-17-14(18-13)12-6-5-10(3)7-11(12)4/h5-7,9,15H,8H2,1-4H3. The summed E-state index contributed by atoms with van der Waals surface area (Å²) in [4.78, 5) is 0. The summed E-state index contributed by atoms with van der Waals surface area (Å²) in [6.45, 7) is 8.90. The molecule has 1 aromatic carbocycles. The molecule has 0 aliphatic heterocycles. The third-order valence-corrected chi connectivity index (χ3v) is 2.74. The Morgan fingerprint density at radius 3 is 2.67 bits per heavy atom. The normalized spacial score (nSPS) is 11.2. The largest absolute Gasteiger partial charge is 0.419 e. The third-order valence-electron chi connectivity index (χ3n) is 2.74. The molecular formula is C14H19N3O. The van der Waals surface area contributed by atoms with Gasteiger partial charge in [0.25, 0.3) is 0 Å². The van der Waals surface area contributed by atoms with E-state index in [1.165, 1.54) is 5.56 Å². The Hall–Kier alpha value is -1.68. The first kappa shape index (κ1) is 12.8. The molecule has 0 bridgehead atoms. The molecule has 18 heavy (non-hydrogen) atoms. The molecule has 0 aliphatic rings. The number of nitrogens with zero attached hydrogens (tertiary/aromatic N) is 2. The van der Waals surface area contributed by atoms with E-state index in [2.05, 4.69) is 55.3 Å². The van der Waals surface area contributed by atoms with E-state index in [4.69, 9.17) is 4.42 Å². The van der Waals surface area contributed by atoms with Crippen molar-refractivity contribution in [3.8, 4) is 11.5 Å². The third kappa shape index (κ3) is 2.96. The Kier molecular flexibility index (Phi) is 3.77. The Morgan fingerprint density at radius 2 is 2.00 bits per heavy atom. The van der Waals surface area contributed by atoms with Gasteiger partial charge in [-0.3, -0.25) is 0 Å². The highest BCUT2D eigenvalue weighted by Gasteiger charge is 2.10. The minimum Gasteiger partial charge on any atom is -0.419 e. The summed E-state index contributed by atoms with van der Waals surface area (Å²) >= 11 is 0. The first-order valence-corrected chi connectivity index (χ1v) is 6.19. The van der Waals surface area contributed by atoms with Gasteiger partial charge >= 0.3 is 0 Å². The highest BCUT2D eigenvalue weighted by atomic mass is 16.4. The minimum absolute atomic E-state index is 0.404. The van der Waals surface area contributed by atoms with Crippen molar-refractivity contribution < 1.29 is 4.42 Å². The summed E-state index contributed by atoms with van der Waals surface area (Å²) in [6.07, 6.45) is 0. The molecule has 0 atom stereocenters. The van der Waals surface area contributed by atoms with Gasteiger partial charge in [0.15, 0.2) is 0 Å². The van der Waals surface area contributed by atoms with Crippen molar-refractivity contribution in [1.82, 2.24) is 15.5 Å². The first-order chi connectivity index (χ1) is 8.56. The molecule has 0 saturated heterocycles. The van der Waals surface area contributed by atoms with E-state index in [0.717, 1.165) is 11.1 Å². The predicted octanol–water partition coefficient (Wildman–Crippen LogP) is 2.85. The molecule has 1 heterocycles. The first-order valence-electron chi connectivity index (χ1n) is 6.19. The molecule has 0 radical (unpaired) electrons. The van der Waals surface area contributed by atoms with Crippen LogP contribution in [0.5, 0.6) is 0 Å². The van der Waals surface area contributed by atoms with Crippen LogP contribution in [0.1, 0.15) is 30.9 Å². The van der Waals surface area contributed by atoms with Crippen molar-refractivity contribution in [2.75, 3.05) is 0 Å². The lowest BCUT2D eigenvalue weighted by atomic mass is 10.1. The molecule has 0 saturated carbocycles. The van der Waals surface area contributed by atoms with Gasteiger partial charge in [-0.1, -0.05) is 31.5 Å². The maximum Gasteiger partial charge on any atom is 0.248 e. The maximum atomic E-state index is 5.66. The lowest BCUT2D eigenvalue weighted by Gasteiger charge is -2.04. The molecule has 0 unspecified atom stereocenters. The maximum absolute atomic E-state index is 5.66. The Balaban J connectivity index is 2.18. The number of rotatable bonds is 4. The van der Waals surface area contributed by atoms with E-state index in [1.807, 2.05) is 6.07 Å². The second-order valence-electron chi connectivity index (χ2n) is 4.85. The lowest BCUT2D eigenvalue weighted by molar-refractivity contribution is 0.458. The van der Waals surface area contributed by atoms with Crippen LogP contribution in [-0.4, -0.2) is 16.2 Å². The average Bonchev–Trinajstić information content (AvgIpc) is 2.75. The summed E-state index contributed by atoms with van der Waals surface area (Å²) in [7, 11) is 0. The molecule has 1 aromatic heterocycles. The quantitative estimate of drug-likeness (QED) is 0.900. The van der Waals surface area contributed by atoms with Gasteiger partial charge in [-0.05, 0) is 25.5 Å². The Labute approximate surface area is 107 Å². The average molecular weight is 245 g/mol. The topological polar surface area (TPSA) is 51.0 Å². The van der Waals surface area contributed by atoms with Crippen molar-refractivity contribution in [1.29, 1.82) is 0 Å². The van der Waals surface area contributed by atoms with Gasteiger partial charge in [0.1, 0.15) is 0 Å². The summed E-state index contributed by atoms with van der Waals surface area (Å²) in [5.41, 5.74) is 3.39. The smallest absolute Gasteiger partial charge is 0.248 e. The zero-order chi connectivity index (χ0) is 13.1. The fraction of sp³-hybridized carbons (Fsp3) is 0.429. The molecule has 2 rings (SSSR count). The molecule has 4 heteroatoms. The van der Waals surface area contributed by atoms with E-state index in [-0.39, 0.29) is 0 Å². The molecule has 4 nitrogen and oxygen atoms in total. The second kappa shape index (κ2) is 5.31. The molecular weight excluding hydrogens is 226 g/mol. The summed E-state index contributed by atoms with van der Waals surface area (Å²) in [6, 6.07) is 6.60. The number of hydrogen-bond donors (Lipinski definition) is 1. The van der Waals surface area contributed by atoms with E-state index >= 15 is 0 Å². The van der Waals surface area contributed by atoms with Crippen LogP contribution in [0.4, 0.5) is 0 Å². The van der Waals surface area contributed by atoms with Gasteiger partial charge in [-0.2, -0.15) is 0 Å². The second-order valence-corrected chi connectivity index (χ2v) is 4.85. The van der Waals surface area contributed by atoms with Crippen molar-refractivity contribution in [2.45, 2.75) is 40.3 Å². The van der Waals surface area contributed by atoms with Crippen LogP contribution >= 0.6 is 0 Å². The summed E-state index contributed by atoms with van der Waals surface area (Å²) in [5, 5.41) is 11.4. The van der Waals surface area contributed by atoms with Crippen LogP contribution in [0, 0.1) is 13.8 Å². The van der Waals surface area contributed by atoms with Crippen LogP contribution in [0.15, 0.2) is 22.6 Å². The summed E-state index contributed by atoms with van der Waals surface area (Å²) < 4.78 is 5.66. The molecule has 0 fully saturated rings. The van der Waals surface area contributed by atoms with Crippen molar-refractivity contribution in [3.63, 3.8) is 0 Å². The van der Waals surface area contributed by atoms with Crippen LogP contribution in [0.2, 0.25) is 0 Å². The highest BCUT2D eigenvalue weighted by molar-refractivity contribution is 5.58. The van der Waals surface area contributed by atoms with E-state index in [9.17, 15) is 0 Å². The summed E-state index contributed by atoms with van der Waals surface area (Å²) in [5.74, 6) is 1.21. The van der Waals surface area contributed by atoms with Gasteiger partial charge in [0, 0.05) is 11.6 Å². The number of benzene rings is 1. The molecule has 1 N–H and O–H groups in total. The molecule has 0 amide bonds. The number of aryl methyl sites for hydroxylation is 2. The van der Waals surface area contributed by atoms with E-state index < -0.39 is 0 Å². The van der Waals surface area contributed by atoms with Crippen molar-refractivity contribution >= 4 is 0 Å². The number of aromatic nitrogens is 2. The van der Waals surface area contributed by atoms with Gasteiger partial charge in [-0.15, -0.1) is 10.2 Å². The van der Waals surface area contributed by atoms with Crippen LogP contribution in [-0.2, 0) is 6.54 Å².